The van der Waals surface area contributed by atoms with Crippen LogP contribution in [0.5, 0.6) is 0 Å². The molecule has 1 atom stereocenters. The Bertz CT molecular complexity index is 632. The summed E-state index contributed by atoms with van der Waals surface area (Å²) in [4.78, 5) is 14.5. The lowest BCUT2D eigenvalue weighted by Crippen LogP contribution is -2.52. The van der Waals surface area contributed by atoms with E-state index >= 15 is 0 Å². The van der Waals surface area contributed by atoms with Gasteiger partial charge in [0.15, 0.2) is 0 Å². The van der Waals surface area contributed by atoms with E-state index in [0.29, 0.717) is 0 Å². The molecule has 1 aliphatic heterocycles. The molecule has 21 heavy (non-hydrogen) atoms. The molecule has 5 nitrogen and oxygen atoms in total. The molecule has 0 saturated carbocycles. The van der Waals surface area contributed by atoms with Gasteiger partial charge in [-0.2, -0.15) is 5.10 Å². The Hall–Kier alpha value is -2.14. The maximum absolute atomic E-state index is 12.5. The second-order valence-electron chi connectivity index (χ2n) is 5.50. The molecule has 3 rings (SSSR count). The SMILES string of the molecule is Cc1ccn(-c2ccc(C(=O)N3CCNC[C@H]3C)cc2)n1. The highest BCUT2D eigenvalue weighted by Gasteiger charge is 2.23. The summed E-state index contributed by atoms with van der Waals surface area (Å²) < 4.78 is 1.82. The number of amides is 1. The average molecular weight is 284 g/mol. The minimum atomic E-state index is 0.104. The zero-order valence-corrected chi connectivity index (χ0v) is 12.4. The normalized spacial score (nSPS) is 18.8. The Kier molecular flexibility index (Phi) is 3.75. The van der Waals surface area contributed by atoms with E-state index in [9.17, 15) is 4.79 Å². The molecule has 110 valence electrons. The molecule has 2 aromatic rings. The number of aromatic nitrogens is 2. The number of piperazine rings is 1. The molecule has 0 aliphatic carbocycles. The molecule has 5 heteroatoms. The topological polar surface area (TPSA) is 50.2 Å². The summed E-state index contributed by atoms with van der Waals surface area (Å²) in [6.07, 6.45) is 1.92. The van der Waals surface area contributed by atoms with Crippen LogP contribution in [-0.2, 0) is 0 Å². The molecule has 1 saturated heterocycles. The zero-order chi connectivity index (χ0) is 14.8. The lowest BCUT2D eigenvalue weighted by atomic mass is 10.1. The molecule has 1 aromatic carbocycles. The number of hydrogen-bond acceptors (Lipinski definition) is 3. The largest absolute Gasteiger partial charge is 0.333 e. The molecule has 1 amide bonds. The van der Waals surface area contributed by atoms with Crippen LogP contribution in [0.4, 0.5) is 0 Å². The van der Waals surface area contributed by atoms with Crippen LogP contribution in [0.25, 0.3) is 5.69 Å². The number of carbonyl (C=O) groups excluding carboxylic acids is 1. The number of benzene rings is 1. The number of carbonyl (C=O) groups is 1. The van der Waals surface area contributed by atoms with Gasteiger partial charge in [0.05, 0.1) is 11.4 Å². The quantitative estimate of drug-likeness (QED) is 0.911. The molecule has 0 spiro atoms. The smallest absolute Gasteiger partial charge is 0.254 e. The van der Waals surface area contributed by atoms with Gasteiger partial charge in [-0.15, -0.1) is 0 Å². The van der Waals surface area contributed by atoms with E-state index in [1.165, 1.54) is 0 Å². The summed E-state index contributed by atoms with van der Waals surface area (Å²) in [6, 6.07) is 9.83. The lowest BCUT2D eigenvalue weighted by Gasteiger charge is -2.34. The van der Waals surface area contributed by atoms with Crippen molar-refractivity contribution in [1.29, 1.82) is 0 Å². The number of hydrogen-bond donors (Lipinski definition) is 1. The molecule has 2 heterocycles. The van der Waals surface area contributed by atoms with Gasteiger partial charge in [0.2, 0.25) is 0 Å². The maximum Gasteiger partial charge on any atom is 0.254 e. The first-order valence-corrected chi connectivity index (χ1v) is 7.29. The van der Waals surface area contributed by atoms with E-state index in [4.69, 9.17) is 0 Å². The number of nitrogens with zero attached hydrogens (tertiary/aromatic N) is 3. The molecule has 1 aliphatic rings. The molecular weight excluding hydrogens is 264 g/mol. The lowest BCUT2D eigenvalue weighted by molar-refractivity contribution is 0.0656. The highest BCUT2D eigenvalue weighted by atomic mass is 16.2. The molecule has 0 radical (unpaired) electrons. The van der Waals surface area contributed by atoms with Crippen LogP contribution < -0.4 is 5.32 Å². The second kappa shape index (κ2) is 5.69. The van der Waals surface area contributed by atoms with E-state index in [0.717, 1.165) is 36.6 Å². The van der Waals surface area contributed by atoms with Crippen molar-refractivity contribution in [2.45, 2.75) is 19.9 Å². The summed E-state index contributed by atoms with van der Waals surface area (Å²) in [6.45, 7) is 6.52. The van der Waals surface area contributed by atoms with Crippen molar-refractivity contribution in [3.63, 3.8) is 0 Å². The van der Waals surface area contributed by atoms with Crippen molar-refractivity contribution < 1.29 is 4.79 Å². The minimum absolute atomic E-state index is 0.104. The Labute approximate surface area is 124 Å². The first-order valence-electron chi connectivity index (χ1n) is 7.29. The number of rotatable bonds is 2. The predicted molar refractivity (Wildman–Crippen MR) is 81.7 cm³/mol. The van der Waals surface area contributed by atoms with Crippen LogP contribution in [0.15, 0.2) is 36.5 Å². The molecular formula is C16H20N4O. The third-order valence-electron chi connectivity index (χ3n) is 3.86. The van der Waals surface area contributed by atoms with Crippen molar-refractivity contribution in [2.24, 2.45) is 0 Å². The summed E-state index contributed by atoms with van der Waals surface area (Å²) in [7, 11) is 0. The minimum Gasteiger partial charge on any atom is -0.333 e. The standard InChI is InChI=1S/C16H20N4O/c1-12-7-9-20(18-12)15-5-3-14(4-6-15)16(21)19-10-8-17-11-13(19)2/h3-7,9,13,17H,8,10-11H2,1-2H3/t13-/m1/s1. The van der Waals surface area contributed by atoms with Gasteiger partial charge in [-0.25, -0.2) is 4.68 Å². The molecule has 1 N–H and O–H groups in total. The molecule has 1 aromatic heterocycles. The second-order valence-corrected chi connectivity index (χ2v) is 5.50. The van der Waals surface area contributed by atoms with Gasteiger partial charge in [-0.3, -0.25) is 4.79 Å². The van der Waals surface area contributed by atoms with Crippen LogP contribution in [-0.4, -0.2) is 46.3 Å². The maximum atomic E-state index is 12.5. The van der Waals surface area contributed by atoms with E-state index in [1.807, 2.05) is 53.0 Å². The monoisotopic (exact) mass is 284 g/mol. The third-order valence-corrected chi connectivity index (χ3v) is 3.86. The van der Waals surface area contributed by atoms with Gasteiger partial charge in [0.1, 0.15) is 0 Å². The fourth-order valence-corrected chi connectivity index (χ4v) is 2.62. The van der Waals surface area contributed by atoms with Gasteiger partial charge >= 0.3 is 0 Å². The molecule has 0 unspecified atom stereocenters. The van der Waals surface area contributed by atoms with E-state index in [-0.39, 0.29) is 11.9 Å². The van der Waals surface area contributed by atoms with Gasteiger partial charge in [-0.1, -0.05) is 0 Å². The van der Waals surface area contributed by atoms with Crippen LogP contribution in [0, 0.1) is 6.92 Å². The zero-order valence-electron chi connectivity index (χ0n) is 12.4. The highest BCUT2D eigenvalue weighted by Crippen LogP contribution is 2.14. The Balaban J connectivity index is 1.79. The summed E-state index contributed by atoms with van der Waals surface area (Å²) in [5, 5.41) is 7.67. The molecule has 1 fully saturated rings. The van der Waals surface area contributed by atoms with Crippen LogP contribution in [0.1, 0.15) is 23.0 Å². The van der Waals surface area contributed by atoms with Crippen molar-refractivity contribution in [2.75, 3.05) is 19.6 Å². The third kappa shape index (κ3) is 2.83. The highest BCUT2D eigenvalue weighted by molar-refractivity contribution is 5.94. The van der Waals surface area contributed by atoms with E-state index in [1.54, 1.807) is 0 Å². The number of nitrogens with one attached hydrogen (secondary N) is 1. The van der Waals surface area contributed by atoms with E-state index in [2.05, 4.69) is 17.3 Å². The Morgan fingerprint density at radius 3 is 2.67 bits per heavy atom. The van der Waals surface area contributed by atoms with Crippen molar-refractivity contribution in [1.82, 2.24) is 20.0 Å². The van der Waals surface area contributed by atoms with Crippen LogP contribution in [0.3, 0.4) is 0 Å². The first kappa shape index (κ1) is 13.8. The Morgan fingerprint density at radius 1 is 1.29 bits per heavy atom. The van der Waals surface area contributed by atoms with Gasteiger partial charge < -0.3 is 10.2 Å². The Morgan fingerprint density at radius 2 is 2.05 bits per heavy atom. The van der Waals surface area contributed by atoms with Crippen molar-refractivity contribution in [3.05, 3.63) is 47.8 Å². The van der Waals surface area contributed by atoms with Crippen molar-refractivity contribution >= 4 is 5.91 Å². The van der Waals surface area contributed by atoms with Crippen molar-refractivity contribution in [3.8, 4) is 5.69 Å². The van der Waals surface area contributed by atoms with Gasteiger partial charge in [0.25, 0.3) is 5.91 Å². The number of aryl methyl sites for hydroxylation is 1. The molecule has 0 bridgehead atoms. The predicted octanol–water partition coefficient (Wildman–Crippen LogP) is 1.61. The van der Waals surface area contributed by atoms with Gasteiger partial charge in [-0.05, 0) is 44.2 Å². The average Bonchev–Trinajstić information content (AvgIpc) is 2.94. The van der Waals surface area contributed by atoms with E-state index < -0.39 is 0 Å². The summed E-state index contributed by atoms with van der Waals surface area (Å²) >= 11 is 0. The summed E-state index contributed by atoms with van der Waals surface area (Å²) in [5.41, 5.74) is 2.68. The van der Waals surface area contributed by atoms with Gasteiger partial charge in [0, 0.05) is 37.4 Å². The fraction of sp³-hybridized carbons (Fsp3) is 0.375. The van der Waals surface area contributed by atoms with Crippen LogP contribution in [0.2, 0.25) is 0 Å². The fourth-order valence-electron chi connectivity index (χ4n) is 2.62. The summed E-state index contributed by atoms with van der Waals surface area (Å²) in [5.74, 6) is 0.104. The van der Waals surface area contributed by atoms with Crippen LogP contribution >= 0.6 is 0 Å². The first-order chi connectivity index (χ1) is 10.1.